The van der Waals surface area contributed by atoms with E-state index in [1.165, 1.54) is 12.0 Å². The van der Waals surface area contributed by atoms with Crippen LogP contribution in [0, 0.1) is 0 Å². The third-order valence-corrected chi connectivity index (χ3v) is 6.64. The fourth-order valence-electron chi connectivity index (χ4n) is 4.77. The largest absolute Gasteiger partial charge is 0.493 e. The van der Waals surface area contributed by atoms with Gasteiger partial charge < -0.3 is 19.1 Å². The molecule has 190 valence electrons. The summed E-state index contributed by atoms with van der Waals surface area (Å²) in [6.45, 7) is 0.877. The molecule has 1 N–H and O–H groups in total. The van der Waals surface area contributed by atoms with Crippen LogP contribution in [0.5, 0.6) is 5.75 Å². The molecule has 4 aromatic rings. The molecule has 0 bridgehead atoms. The highest BCUT2D eigenvalue weighted by Crippen LogP contribution is 2.30. The van der Waals surface area contributed by atoms with Crippen molar-refractivity contribution in [3.63, 3.8) is 0 Å². The highest BCUT2D eigenvalue weighted by Gasteiger charge is 2.24. The van der Waals surface area contributed by atoms with E-state index in [4.69, 9.17) is 9.47 Å². The predicted octanol–water partition coefficient (Wildman–Crippen LogP) is 4.64. The fraction of sp³-hybridized carbons (Fsp3) is 0.286. The maximum Gasteiger partial charge on any atom is 0.413 e. The molecule has 0 radical (unpaired) electrons. The maximum atomic E-state index is 12.1. The molecule has 0 spiro atoms. The van der Waals surface area contributed by atoms with E-state index >= 15 is 0 Å². The Kier molecular flexibility index (Phi) is 7.02. The van der Waals surface area contributed by atoms with Gasteiger partial charge in [0.05, 0.1) is 26.2 Å². The van der Waals surface area contributed by atoms with E-state index in [-0.39, 0.29) is 18.4 Å². The zero-order chi connectivity index (χ0) is 25.8. The van der Waals surface area contributed by atoms with Crippen LogP contribution in [-0.4, -0.2) is 52.0 Å². The number of methoxy groups -OCH3 is 1. The number of aromatic nitrogens is 3. The van der Waals surface area contributed by atoms with E-state index in [1.807, 2.05) is 54.7 Å². The molecule has 0 saturated heterocycles. The van der Waals surface area contributed by atoms with Gasteiger partial charge in [-0.25, -0.2) is 9.78 Å². The molecule has 0 fully saturated rings. The summed E-state index contributed by atoms with van der Waals surface area (Å²) in [5, 5.41) is 10.5. The molecule has 1 amide bonds. The Balaban J connectivity index is 1.30. The number of esters is 1. The first-order valence-electron chi connectivity index (χ1n) is 12.2. The van der Waals surface area contributed by atoms with Gasteiger partial charge in [0.25, 0.3) is 0 Å². The van der Waals surface area contributed by atoms with Crippen LogP contribution in [0.15, 0.2) is 67.1 Å². The van der Waals surface area contributed by atoms with Gasteiger partial charge in [-0.05, 0) is 60.4 Å². The number of carbonyl (C=O) groups is 2. The first-order chi connectivity index (χ1) is 18.0. The number of amides is 1. The number of fused-ring (bicyclic) bond motifs is 2. The molecular formula is C28H28N4O5. The number of carbonyl (C=O) groups excluding carboxylic acids is 1. The summed E-state index contributed by atoms with van der Waals surface area (Å²) in [6.07, 6.45) is 6.85. The highest BCUT2D eigenvalue weighted by atomic mass is 16.5. The zero-order valence-corrected chi connectivity index (χ0v) is 20.5. The van der Waals surface area contributed by atoms with E-state index in [2.05, 4.69) is 14.5 Å². The minimum Gasteiger partial charge on any atom is -0.493 e. The molecule has 5 rings (SSSR count). The predicted molar refractivity (Wildman–Crippen MR) is 138 cm³/mol. The molecule has 0 saturated carbocycles. The van der Waals surface area contributed by atoms with E-state index < -0.39 is 6.09 Å². The standard InChI is InChI=1S/C28H28N4O5/c1-36-26(33)17-25(21-4-2-12-29-18-21)31-14-10-20-16-23(8-9-24(20)31)37-15-11-22-7-6-19-5-3-13-32(28(34)35)27(19)30-22/h2,4,6-10,12,14,16,18,25H,3,5,11,13,15,17H2,1H3,(H,34,35). The van der Waals surface area contributed by atoms with Crippen LogP contribution in [0.25, 0.3) is 10.9 Å². The van der Waals surface area contributed by atoms with Crippen LogP contribution in [-0.2, 0) is 22.4 Å². The van der Waals surface area contributed by atoms with Gasteiger partial charge in [0.2, 0.25) is 0 Å². The van der Waals surface area contributed by atoms with Crippen LogP contribution in [0.1, 0.15) is 35.7 Å². The van der Waals surface area contributed by atoms with Crippen LogP contribution < -0.4 is 9.64 Å². The van der Waals surface area contributed by atoms with Crippen LogP contribution >= 0.6 is 0 Å². The van der Waals surface area contributed by atoms with Crippen molar-refractivity contribution in [3.05, 3.63) is 83.9 Å². The van der Waals surface area contributed by atoms with Crippen molar-refractivity contribution in [2.45, 2.75) is 31.7 Å². The van der Waals surface area contributed by atoms with Crippen molar-refractivity contribution in [3.8, 4) is 5.75 Å². The monoisotopic (exact) mass is 500 g/mol. The van der Waals surface area contributed by atoms with Crippen LogP contribution in [0.4, 0.5) is 10.6 Å². The summed E-state index contributed by atoms with van der Waals surface area (Å²) in [5.41, 5.74) is 3.64. The van der Waals surface area contributed by atoms with Crippen molar-refractivity contribution in [2.75, 3.05) is 25.2 Å². The molecule has 9 heteroatoms. The van der Waals surface area contributed by atoms with Gasteiger partial charge in [-0.2, -0.15) is 0 Å². The molecular weight excluding hydrogens is 472 g/mol. The minimum absolute atomic E-state index is 0.192. The number of benzene rings is 1. The zero-order valence-electron chi connectivity index (χ0n) is 20.5. The lowest BCUT2D eigenvalue weighted by Crippen LogP contribution is -2.35. The van der Waals surface area contributed by atoms with Gasteiger partial charge in [0.15, 0.2) is 0 Å². The lowest BCUT2D eigenvalue weighted by Gasteiger charge is -2.26. The smallest absolute Gasteiger partial charge is 0.413 e. The third kappa shape index (κ3) is 5.25. The molecule has 3 aromatic heterocycles. The first kappa shape index (κ1) is 24.3. The Bertz CT molecular complexity index is 1420. The number of nitrogens with zero attached hydrogens (tertiary/aromatic N) is 4. The van der Waals surface area contributed by atoms with Gasteiger partial charge in [-0.15, -0.1) is 0 Å². The second kappa shape index (κ2) is 10.7. The Morgan fingerprint density at radius 3 is 2.84 bits per heavy atom. The summed E-state index contributed by atoms with van der Waals surface area (Å²) in [7, 11) is 1.39. The van der Waals surface area contributed by atoms with Gasteiger partial charge in [-0.1, -0.05) is 12.1 Å². The lowest BCUT2D eigenvalue weighted by atomic mass is 10.1. The van der Waals surface area contributed by atoms with E-state index in [1.54, 1.807) is 12.4 Å². The van der Waals surface area contributed by atoms with Crippen molar-refractivity contribution in [2.24, 2.45) is 0 Å². The third-order valence-electron chi connectivity index (χ3n) is 6.64. The number of hydrogen-bond donors (Lipinski definition) is 1. The lowest BCUT2D eigenvalue weighted by molar-refractivity contribution is -0.141. The Labute approximate surface area is 214 Å². The van der Waals surface area contributed by atoms with Crippen molar-refractivity contribution >= 4 is 28.8 Å². The van der Waals surface area contributed by atoms with E-state index in [9.17, 15) is 14.7 Å². The second-order valence-corrected chi connectivity index (χ2v) is 8.95. The summed E-state index contributed by atoms with van der Waals surface area (Å²) >= 11 is 0. The number of carboxylic acid groups (broad SMARTS) is 1. The number of anilines is 1. The second-order valence-electron chi connectivity index (χ2n) is 8.95. The van der Waals surface area contributed by atoms with Gasteiger partial charge in [0, 0.05) is 48.2 Å². The maximum absolute atomic E-state index is 12.1. The number of aryl methyl sites for hydroxylation is 1. The van der Waals surface area contributed by atoms with Crippen molar-refractivity contribution < 1.29 is 24.2 Å². The Morgan fingerprint density at radius 1 is 1.16 bits per heavy atom. The first-order valence-corrected chi connectivity index (χ1v) is 12.2. The fourth-order valence-corrected chi connectivity index (χ4v) is 4.77. The Morgan fingerprint density at radius 2 is 2.05 bits per heavy atom. The number of hydrogen-bond acceptors (Lipinski definition) is 6. The average Bonchev–Trinajstić information content (AvgIpc) is 3.34. The molecule has 1 atom stereocenters. The molecule has 37 heavy (non-hydrogen) atoms. The summed E-state index contributed by atoms with van der Waals surface area (Å²) < 4.78 is 13.0. The van der Waals surface area contributed by atoms with Crippen LogP contribution in [0.3, 0.4) is 0 Å². The van der Waals surface area contributed by atoms with Crippen LogP contribution in [0.2, 0.25) is 0 Å². The topological polar surface area (TPSA) is 107 Å². The molecule has 0 aliphatic carbocycles. The van der Waals surface area contributed by atoms with E-state index in [0.717, 1.165) is 46.3 Å². The quantitative estimate of drug-likeness (QED) is 0.351. The normalized spacial score (nSPS) is 13.7. The Hall–Kier alpha value is -4.40. The molecule has 1 aromatic carbocycles. The van der Waals surface area contributed by atoms with Gasteiger partial charge in [-0.3, -0.25) is 14.7 Å². The summed E-state index contributed by atoms with van der Waals surface area (Å²) in [6, 6.07) is 15.3. The molecule has 1 unspecified atom stereocenters. The van der Waals surface area contributed by atoms with Crippen molar-refractivity contribution in [1.82, 2.24) is 14.5 Å². The SMILES string of the molecule is COC(=O)CC(c1cccnc1)n1ccc2cc(OCCc3ccc4c(n3)N(C(=O)O)CCC4)ccc21. The van der Waals surface area contributed by atoms with E-state index in [0.29, 0.717) is 25.4 Å². The number of rotatable bonds is 8. The highest BCUT2D eigenvalue weighted by molar-refractivity contribution is 5.86. The molecule has 1 aliphatic heterocycles. The molecule has 4 heterocycles. The average molecular weight is 501 g/mol. The van der Waals surface area contributed by atoms with Gasteiger partial charge in [0.1, 0.15) is 11.6 Å². The van der Waals surface area contributed by atoms with Crippen molar-refractivity contribution in [1.29, 1.82) is 0 Å². The number of pyridine rings is 2. The molecule has 9 nitrogen and oxygen atoms in total. The summed E-state index contributed by atoms with van der Waals surface area (Å²) in [4.78, 5) is 33.8. The molecule has 1 aliphatic rings. The number of ether oxygens (including phenoxy) is 2. The minimum atomic E-state index is -0.973. The van der Waals surface area contributed by atoms with Gasteiger partial charge >= 0.3 is 12.1 Å². The summed E-state index contributed by atoms with van der Waals surface area (Å²) in [5.74, 6) is 0.966.